The molecule has 1 aliphatic heterocycles. The van der Waals surface area contributed by atoms with Crippen LogP contribution in [0.1, 0.15) is 26.3 Å². The summed E-state index contributed by atoms with van der Waals surface area (Å²) in [5.41, 5.74) is 5.85. The Morgan fingerprint density at radius 2 is 2.39 bits per heavy atom. The molecule has 100 valence electrons. The predicted molar refractivity (Wildman–Crippen MR) is 70.2 cm³/mol. The minimum absolute atomic E-state index is 0.141. The fraction of sp³-hybridized carbons (Fsp3) is 0.667. The summed E-state index contributed by atoms with van der Waals surface area (Å²) < 4.78 is 1.84. The van der Waals surface area contributed by atoms with Gasteiger partial charge in [-0.25, -0.2) is 4.68 Å². The number of rotatable bonds is 5. The third-order valence-electron chi connectivity index (χ3n) is 3.09. The number of anilines is 1. The van der Waals surface area contributed by atoms with Crippen LogP contribution in [0.25, 0.3) is 0 Å². The first-order valence-electron chi connectivity index (χ1n) is 6.38. The summed E-state index contributed by atoms with van der Waals surface area (Å²) in [5.74, 6) is 0.995. The Hall–Kier alpha value is -1.40. The lowest BCUT2D eigenvalue weighted by Gasteiger charge is -2.29. The van der Waals surface area contributed by atoms with Crippen LogP contribution in [-0.2, 0) is 4.79 Å². The van der Waals surface area contributed by atoms with Crippen molar-refractivity contribution in [2.75, 3.05) is 18.4 Å². The second-order valence-electron chi connectivity index (χ2n) is 5.20. The molecule has 0 radical (unpaired) electrons. The minimum atomic E-state index is -0.465. The fourth-order valence-electron chi connectivity index (χ4n) is 1.98. The summed E-state index contributed by atoms with van der Waals surface area (Å²) in [5, 5.41) is 10.3. The lowest BCUT2D eigenvalue weighted by atomic mass is 10.0. The highest BCUT2D eigenvalue weighted by molar-refractivity contribution is 5.93. The van der Waals surface area contributed by atoms with Crippen LogP contribution in [0, 0.1) is 5.92 Å². The zero-order chi connectivity index (χ0) is 13.1. The Morgan fingerprint density at radius 3 is 2.94 bits per heavy atom. The van der Waals surface area contributed by atoms with Crippen molar-refractivity contribution in [3.63, 3.8) is 0 Å². The number of aromatic nitrogens is 2. The highest BCUT2D eigenvalue weighted by Gasteiger charge is 2.23. The second kappa shape index (κ2) is 5.49. The maximum Gasteiger partial charge on any atom is 0.242 e. The third kappa shape index (κ3) is 2.88. The average Bonchev–Trinajstić information content (AvgIpc) is 2.62. The van der Waals surface area contributed by atoms with Crippen LogP contribution >= 0.6 is 0 Å². The molecule has 6 heteroatoms. The van der Waals surface area contributed by atoms with Gasteiger partial charge in [-0.05, 0) is 12.3 Å². The van der Waals surface area contributed by atoms with Gasteiger partial charge >= 0.3 is 0 Å². The molecule has 2 rings (SSSR count). The number of nitrogens with zero attached hydrogens (tertiary/aromatic N) is 2. The first-order chi connectivity index (χ1) is 8.58. The van der Waals surface area contributed by atoms with Gasteiger partial charge < -0.3 is 16.4 Å². The van der Waals surface area contributed by atoms with E-state index in [1.807, 2.05) is 4.68 Å². The SMILES string of the molecule is CC(C)CC(N)C(=O)Nc1ccnn1C1CNC1. The number of nitrogens with one attached hydrogen (secondary N) is 2. The van der Waals surface area contributed by atoms with Gasteiger partial charge in [-0.1, -0.05) is 13.8 Å². The van der Waals surface area contributed by atoms with Gasteiger partial charge in [-0.15, -0.1) is 0 Å². The monoisotopic (exact) mass is 251 g/mol. The second-order valence-corrected chi connectivity index (χ2v) is 5.20. The largest absolute Gasteiger partial charge is 0.320 e. The smallest absolute Gasteiger partial charge is 0.242 e. The summed E-state index contributed by atoms with van der Waals surface area (Å²) in [4.78, 5) is 11.9. The van der Waals surface area contributed by atoms with Crippen molar-refractivity contribution in [3.8, 4) is 0 Å². The molecule has 0 aromatic carbocycles. The summed E-state index contributed by atoms with van der Waals surface area (Å²) in [7, 11) is 0. The zero-order valence-electron chi connectivity index (χ0n) is 10.9. The molecule has 0 aliphatic carbocycles. The molecule has 1 fully saturated rings. The van der Waals surface area contributed by atoms with Crippen molar-refractivity contribution in [1.82, 2.24) is 15.1 Å². The van der Waals surface area contributed by atoms with E-state index < -0.39 is 6.04 Å². The van der Waals surface area contributed by atoms with Crippen LogP contribution in [0.15, 0.2) is 12.3 Å². The molecule has 18 heavy (non-hydrogen) atoms. The zero-order valence-corrected chi connectivity index (χ0v) is 10.9. The Labute approximate surface area is 107 Å². The van der Waals surface area contributed by atoms with E-state index in [0.29, 0.717) is 18.4 Å². The standard InChI is InChI=1S/C12H21N5O/c1-8(2)5-10(13)12(18)16-11-3-4-15-17(11)9-6-14-7-9/h3-4,8-10,14H,5-7,13H2,1-2H3,(H,16,18). The molecule has 1 aromatic rings. The van der Waals surface area contributed by atoms with Gasteiger partial charge in [0, 0.05) is 19.2 Å². The normalized spacial score (nSPS) is 17.6. The molecule has 0 bridgehead atoms. The van der Waals surface area contributed by atoms with Gasteiger partial charge in [0.25, 0.3) is 0 Å². The lowest BCUT2D eigenvalue weighted by Crippen LogP contribution is -2.45. The topological polar surface area (TPSA) is 85.0 Å². The van der Waals surface area contributed by atoms with Gasteiger partial charge in [0.2, 0.25) is 5.91 Å². The molecule has 1 amide bonds. The van der Waals surface area contributed by atoms with Crippen LogP contribution in [0.4, 0.5) is 5.82 Å². The van der Waals surface area contributed by atoms with E-state index in [0.717, 1.165) is 18.9 Å². The van der Waals surface area contributed by atoms with Crippen LogP contribution in [0.5, 0.6) is 0 Å². The van der Waals surface area contributed by atoms with Crippen molar-refractivity contribution in [2.45, 2.75) is 32.4 Å². The fourth-order valence-corrected chi connectivity index (χ4v) is 1.98. The van der Waals surface area contributed by atoms with E-state index in [2.05, 4.69) is 29.6 Å². The van der Waals surface area contributed by atoms with E-state index in [-0.39, 0.29) is 5.91 Å². The number of carbonyl (C=O) groups excluding carboxylic acids is 1. The number of nitrogens with two attached hydrogens (primary N) is 1. The van der Waals surface area contributed by atoms with Crippen LogP contribution in [0.2, 0.25) is 0 Å². The van der Waals surface area contributed by atoms with Crippen molar-refractivity contribution < 1.29 is 4.79 Å². The lowest BCUT2D eigenvalue weighted by molar-refractivity contribution is -0.117. The highest BCUT2D eigenvalue weighted by atomic mass is 16.2. The summed E-state index contributed by atoms with van der Waals surface area (Å²) >= 11 is 0. The van der Waals surface area contributed by atoms with E-state index in [9.17, 15) is 4.79 Å². The number of amides is 1. The Morgan fingerprint density at radius 1 is 1.67 bits per heavy atom. The van der Waals surface area contributed by atoms with Crippen molar-refractivity contribution in [3.05, 3.63) is 12.3 Å². The Kier molecular flexibility index (Phi) is 3.98. The van der Waals surface area contributed by atoms with E-state index in [1.54, 1.807) is 12.3 Å². The molecular weight excluding hydrogens is 230 g/mol. The van der Waals surface area contributed by atoms with Crippen LogP contribution < -0.4 is 16.4 Å². The molecule has 6 nitrogen and oxygen atoms in total. The molecule has 1 aliphatic rings. The average molecular weight is 251 g/mol. The van der Waals surface area contributed by atoms with Crippen molar-refractivity contribution in [2.24, 2.45) is 11.7 Å². The van der Waals surface area contributed by atoms with E-state index in [4.69, 9.17) is 5.73 Å². The summed E-state index contributed by atoms with van der Waals surface area (Å²) in [6.45, 7) is 5.89. The van der Waals surface area contributed by atoms with Gasteiger partial charge in [0.05, 0.1) is 18.3 Å². The summed E-state index contributed by atoms with van der Waals surface area (Å²) in [6, 6.07) is 1.67. The third-order valence-corrected chi connectivity index (χ3v) is 3.09. The van der Waals surface area contributed by atoms with Crippen LogP contribution in [0.3, 0.4) is 0 Å². The number of hydrogen-bond acceptors (Lipinski definition) is 4. The molecule has 1 saturated heterocycles. The molecule has 0 spiro atoms. The van der Waals surface area contributed by atoms with Gasteiger partial charge in [-0.3, -0.25) is 4.79 Å². The number of hydrogen-bond donors (Lipinski definition) is 3. The Bertz CT molecular complexity index is 410. The van der Waals surface area contributed by atoms with E-state index >= 15 is 0 Å². The quantitative estimate of drug-likeness (QED) is 0.704. The molecule has 0 saturated carbocycles. The molecule has 1 atom stereocenters. The maximum atomic E-state index is 11.9. The molecule has 1 unspecified atom stereocenters. The molecular formula is C12H21N5O. The van der Waals surface area contributed by atoms with Crippen molar-refractivity contribution in [1.29, 1.82) is 0 Å². The highest BCUT2D eigenvalue weighted by Crippen LogP contribution is 2.17. The first kappa shape index (κ1) is 13.0. The van der Waals surface area contributed by atoms with E-state index in [1.165, 1.54) is 0 Å². The predicted octanol–water partition coefficient (Wildman–Crippen LogP) is 0.339. The number of carbonyl (C=O) groups is 1. The van der Waals surface area contributed by atoms with Gasteiger partial charge in [0.1, 0.15) is 5.82 Å². The summed E-state index contributed by atoms with van der Waals surface area (Å²) in [6.07, 6.45) is 2.38. The van der Waals surface area contributed by atoms with Crippen molar-refractivity contribution >= 4 is 11.7 Å². The minimum Gasteiger partial charge on any atom is -0.320 e. The Balaban J connectivity index is 1.96. The van der Waals surface area contributed by atoms with Gasteiger partial charge in [0.15, 0.2) is 0 Å². The molecule has 4 N–H and O–H groups in total. The molecule has 1 aromatic heterocycles. The maximum absolute atomic E-state index is 11.9. The first-order valence-corrected chi connectivity index (χ1v) is 6.38. The van der Waals surface area contributed by atoms with Crippen LogP contribution in [-0.4, -0.2) is 34.8 Å². The molecule has 2 heterocycles. The van der Waals surface area contributed by atoms with Gasteiger partial charge in [-0.2, -0.15) is 5.10 Å².